The number of rotatable bonds is 12. The van der Waals surface area contributed by atoms with Gasteiger partial charge in [-0.2, -0.15) is 0 Å². The number of halogens is 2. The fourth-order valence-corrected chi connectivity index (χ4v) is 6.55. The summed E-state index contributed by atoms with van der Waals surface area (Å²) in [5, 5.41) is 2.98. The Balaban J connectivity index is 1.81. The molecule has 4 rings (SSSR count). The molecular formula is C33H33Cl2N3O4S. The van der Waals surface area contributed by atoms with E-state index in [1.807, 2.05) is 61.5 Å². The van der Waals surface area contributed by atoms with E-state index in [1.54, 1.807) is 31.2 Å². The van der Waals surface area contributed by atoms with Crippen LogP contribution >= 0.6 is 23.2 Å². The van der Waals surface area contributed by atoms with E-state index in [1.165, 1.54) is 29.2 Å². The number of likely N-dealkylation sites (N-methyl/N-ethyl adjacent to an activating group) is 1. The Morgan fingerprint density at radius 2 is 1.44 bits per heavy atom. The molecule has 0 heterocycles. The molecule has 10 heteroatoms. The largest absolute Gasteiger partial charge is 0.355 e. The zero-order valence-electron chi connectivity index (χ0n) is 23.9. The summed E-state index contributed by atoms with van der Waals surface area (Å²) in [7, 11) is -4.27. The van der Waals surface area contributed by atoms with E-state index < -0.39 is 28.5 Å². The highest BCUT2D eigenvalue weighted by Gasteiger charge is 2.35. The van der Waals surface area contributed by atoms with Gasteiger partial charge in [0.2, 0.25) is 11.8 Å². The highest BCUT2D eigenvalue weighted by molar-refractivity contribution is 7.92. The molecule has 0 saturated heterocycles. The summed E-state index contributed by atoms with van der Waals surface area (Å²) < 4.78 is 29.0. The van der Waals surface area contributed by atoms with Gasteiger partial charge in [0.1, 0.15) is 12.6 Å². The van der Waals surface area contributed by atoms with E-state index in [0.717, 1.165) is 21.0 Å². The average molecular weight is 639 g/mol. The minimum absolute atomic E-state index is 0.00822. The highest BCUT2D eigenvalue weighted by Crippen LogP contribution is 2.35. The van der Waals surface area contributed by atoms with E-state index in [9.17, 15) is 18.0 Å². The number of hydrogen-bond donors (Lipinski definition) is 1. The summed E-state index contributed by atoms with van der Waals surface area (Å²) in [6.07, 6.45) is 0.230. The molecule has 4 aromatic rings. The van der Waals surface area contributed by atoms with Crippen LogP contribution in [0.3, 0.4) is 0 Å². The normalized spacial score (nSPS) is 11.9. The Morgan fingerprint density at radius 1 is 0.814 bits per heavy atom. The highest BCUT2D eigenvalue weighted by atomic mass is 35.5. The topological polar surface area (TPSA) is 86.8 Å². The van der Waals surface area contributed by atoms with Crippen LogP contribution in [-0.4, -0.2) is 44.3 Å². The number of aryl methyl sites for hydroxylation is 1. The quantitative estimate of drug-likeness (QED) is 0.198. The van der Waals surface area contributed by atoms with E-state index in [-0.39, 0.29) is 39.5 Å². The zero-order valence-corrected chi connectivity index (χ0v) is 26.2. The number of nitrogens with one attached hydrogen (secondary N) is 1. The second kappa shape index (κ2) is 14.6. The fourth-order valence-electron chi connectivity index (χ4n) is 4.65. The zero-order chi connectivity index (χ0) is 31.0. The number of benzene rings is 4. The van der Waals surface area contributed by atoms with Crippen LogP contribution < -0.4 is 9.62 Å². The first-order chi connectivity index (χ1) is 20.6. The number of sulfonamides is 1. The molecule has 0 aliphatic heterocycles. The van der Waals surface area contributed by atoms with Crippen LogP contribution in [0.25, 0.3) is 0 Å². The molecule has 4 aromatic carbocycles. The summed E-state index contributed by atoms with van der Waals surface area (Å²) in [4.78, 5) is 29.3. The molecule has 0 aromatic heterocycles. The molecule has 0 bridgehead atoms. The average Bonchev–Trinajstić information content (AvgIpc) is 3.01. The van der Waals surface area contributed by atoms with Gasteiger partial charge in [-0.1, -0.05) is 108 Å². The van der Waals surface area contributed by atoms with Crippen LogP contribution in [0.4, 0.5) is 5.69 Å². The van der Waals surface area contributed by atoms with Crippen molar-refractivity contribution < 1.29 is 18.0 Å². The van der Waals surface area contributed by atoms with Crippen LogP contribution in [0.1, 0.15) is 23.6 Å². The van der Waals surface area contributed by atoms with Crippen molar-refractivity contribution in [2.24, 2.45) is 0 Å². The number of hydrogen-bond acceptors (Lipinski definition) is 4. The summed E-state index contributed by atoms with van der Waals surface area (Å²) in [5.41, 5.74) is 2.74. The SMILES string of the molecule is CCNC(=O)C(Cc1ccccc1)N(Cc1ccc(C)cc1)C(=O)CN(c1cccc(Cl)c1Cl)S(=O)(=O)c1ccccc1. The predicted molar refractivity (Wildman–Crippen MR) is 172 cm³/mol. The molecule has 1 N–H and O–H groups in total. The number of nitrogens with zero attached hydrogens (tertiary/aromatic N) is 2. The molecule has 43 heavy (non-hydrogen) atoms. The Labute approximate surface area is 263 Å². The maximum Gasteiger partial charge on any atom is 0.264 e. The molecule has 2 amide bonds. The van der Waals surface area contributed by atoms with Gasteiger partial charge in [-0.3, -0.25) is 13.9 Å². The smallest absolute Gasteiger partial charge is 0.264 e. The third-order valence-corrected chi connectivity index (χ3v) is 9.49. The first-order valence-electron chi connectivity index (χ1n) is 13.8. The van der Waals surface area contributed by atoms with Gasteiger partial charge in [0.15, 0.2) is 0 Å². The number of carbonyl (C=O) groups excluding carboxylic acids is 2. The van der Waals surface area contributed by atoms with Gasteiger partial charge in [0.05, 0.1) is 20.6 Å². The summed E-state index contributed by atoms with van der Waals surface area (Å²) in [5.74, 6) is -0.923. The number of amides is 2. The van der Waals surface area contributed by atoms with Crippen LogP contribution in [-0.2, 0) is 32.6 Å². The molecular weight excluding hydrogens is 605 g/mol. The Hall–Kier alpha value is -3.85. The van der Waals surface area contributed by atoms with Crippen molar-refractivity contribution in [3.63, 3.8) is 0 Å². The van der Waals surface area contributed by atoms with Crippen molar-refractivity contribution in [1.29, 1.82) is 0 Å². The van der Waals surface area contributed by atoms with Gasteiger partial charge < -0.3 is 10.2 Å². The van der Waals surface area contributed by atoms with Crippen LogP contribution in [0, 0.1) is 6.92 Å². The molecule has 0 fully saturated rings. The van der Waals surface area contributed by atoms with Crippen molar-refractivity contribution in [2.45, 2.75) is 37.8 Å². The van der Waals surface area contributed by atoms with E-state index in [0.29, 0.717) is 6.54 Å². The van der Waals surface area contributed by atoms with Crippen molar-refractivity contribution in [1.82, 2.24) is 10.2 Å². The maximum atomic E-state index is 14.4. The van der Waals surface area contributed by atoms with E-state index in [2.05, 4.69) is 5.32 Å². The molecule has 0 radical (unpaired) electrons. The molecule has 0 aliphatic carbocycles. The number of carbonyl (C=O) groups is 2. The van der Waals surface area contributed by atoms with Crippen LogP contribution in [0.5, 0.6) is 0 Å². The van der Waals surface area contributed by atoms with Gasteiger partial charge in [-0.05, 0) is 49.2 Å². The lowest BCUT2D eigenvalue weighted by atomic mass is 10.0. The lowest BCUT2D eigenvalue weighted by Gasteiger charge is -2.34. The Morgan fingerprint density at radius 3 is 2.07 bits per heavy atom. The molecule has 1 atom stereocenters. The third kappa shape index (κ3) is 7.96. The second-order valence-electron chi connectivity index (χ2n) is 10.0. The molecule has 0 saturated carbocycles. The van der Waals surface area contributed by atoms with Crippen molar-refractivity contribution in [3.05, 3.63) is 130 Å². The lowest BCUT2D eigenvalue weighted by molar-refractivity contribution is -0.140. The standard InChI is InChI=1S/C33H33Cl2N3O4S/c1-3-36-33(40)30(21-25-11-6-4-7-12-25)37(22-26-19-17-24(2)18-20-26)31(39)23-38(29-16-10-15-28(34)32(29)35)43(41,42)27-13-8-5-9-14-27/h4-20,30H,3,21-23H2,1-2H3,(H,36,40). The fraction of sp³-hybridized carbons (Fsp3) is 0.212. The Kier molecular flexibility index (Phi) is 10.9. The van der Waals surface area contributed by atoms with Crippen molar-refractivity contribution in [3.8, 4) is 0 Å². The summed E-state index contributed by atoms with van der Waals surface area (Å²) >= 11 is 12.8. The van der Waals surface area contributed by atoms with Crippen molar-refractivity contribution >= 4 is 50.7 Å². The van der Waals surface area contributed by atoms with E-state index in [4.69, 9.17) is 23.2 Å². The summed E-state index contributed by atoms with van der Waals surface area (Å²) in [6, 6.07) is 28.5. The lowest BCUT2D eigenvalue weighted by Crippen LogP contribution is -2.53. The van der Waals surface area contributed by atoms with Gasteiger partial charge in [-0.15, -0.1) is 0 Å². The predicted octanol–water partition coefficient (Wildman–Crippen LogP) is 6.27. The van der Waals surface area contributed by atoms with Gasteiger partial charge in [0.25, 0.3) is 10.0 Å². The first-order valence-corrected chi connectivity index (χ1v) is 16.0. The second-order valence-corrected chi connectivity index (χ2v) is 12.7. The molecule has 224 valence electrons. The minimum Gasteiger partial charge on any atom is -0.355 e. The van der Waals surface area contributed by atoms with Gasteiger partial charge >= 0.3 is 0 Å². The molecule has 0 aliphatic rings. The van der Waals surface area contributed by atoms with Crippen LogP contribution in [0.15, 0.2) is 108 Å². The Bertz CT molecular complexity index is 1650. The van der Waals surface area contributed by atoms with Gasteiger partial charge in [0, 0.05) is 19.5 Å². The molecule has 7 nitrogen and oxygen atoms in total. The maximum absolute atomic E-state index is 14.4. The third-order valence-electron chi connectivity index (χ3n) is 6.91. The molecule has 1 unspecified atom stereocenters. The summed E-state index contributed by atoms with van der Waals surface area (Å²) in [6.45, 7) is 3.59. The minimum atomic E-state index is -4.27. The van der Waals surface area contributed by atoms with Crippen LogP contribution in [0.2, 0.25) is 10.0 Å². The van der Waals surface area contributed by atoms with E-state index >= 15 is 0 Å². The monoisotopic (exact) mass is 637 g/mol. The van der Waals surface area contributed by atoms with Crippen molar-refractivity contribution in [2.75, 3.05) is 17.4 Å². The number of anilines is 1. The molecule has 0 spiro atoms. The van der Waals surface area contributed by atoms with Gasteiger partial charge in [-0.25, -0.2) is 8.42 Å². The first kappa shape index (κ1) is 32.1.